The summed E-state index contributed by atoms with van der Waals surface area (Å²) >= 11 is 9.86. The molecule has 138 valence electrons. The number of ether oxygens (including phenoxy) is 1. The molecule has 0 saturated carbocycles. The molecule has 0 atom stereocenters. The molecule has 1 aliphatic rings. The van der Waals surface area contributed by atoms with Crippen molar-refractivity contribution in [3.05, 3.63) is 51.5 Å². The van der Waals surface area contributed by atoms with Gasteiger partial charge in [0.2, 0.25) is 0 Å². The number of amides is 1. The van der Waals surface area contributed by atoms with E-state index in [0.29, 0.717) is 22.0 Å². The van der Waals surface area contributed by atoms with Crippen molar-refractivity contribution in [2.75, 3.05) is 50.6 Å². The third-order valence-electron chi connectivity index (χ3n) is 4.46. The van der Waals surface area contributed by atoms with E-state index in [1.165, 1.54) is 0 Å². The maximum Gasteiger partial charge on any atom is 0.259 e. The van der Waals surface area contributed by atoms with Gasteiger partial charge in [-0.3, -0.25) is 4.79 Å². The van der Waals surface area contributed by atoms with Gasteiger partial charge in [0.15, 0.2) is 0 Å². The van der Waals surface area contributed by atoms with Crippen molar-refractivity contribution in [1.82, 2.24) is 4.90 Å². The van der Waals surface area contributed by atoms with Crippen molar-refractivity contribution >= 4 is 44.8 Å². The van der Waals surface area contributed by atoms with Gasteiger partial charge < -0.3 is 19.9 Å². The van der Waals surface area contributed by atoms with E-state index in [2.05, 4.69) is 38.1 Å². The number of rotatable bonds is 4. The molecule has 2 aromatic rings. The van der Waals surface area contributed by atoms with Crippen LogP contribution < -0.4 is 15.0 Å². The Labute approximate surface area is 167 Å². The highest BCUT2D eigenvalue weighted by molar-refractivity contribution is 9.10. The Bertz CT molecular complexity index is 807. The van der Waals surface area contributed by atoms with Crippen molar-refractivity contribution in [2.24, 2.45) is 0 Å². The van der Waals surface area contributed by atoms with Crippen LogP contribution in [0.15, 0.2) is 40.9 Å². The lowest BCUT2D eigenvalue weighted by Gasteiger charge is -2.34. The van der Waals surface area contributed by atoms with E-state index < -0.39 is 0 Å². The van der Waals surface area contributed by atoms with E-state index in [9.17, 15) is 4.79 Å². The number of benzene rings is 2. The standard InChI is InChI=1S/C19H21BrClN3O2/c1-23-7-9-24(10-8-23)17-5-4-14(12-16(17)21)22-19(25)15-11-13(20)3-6-18(15)26-2/h3-6,11-12H,7-10H2,1-2H3,(H,22,25). The van der Waals surface area contributed by atoms with E-state index in [1.807, 2.05) is 18.2 Å². The molecule has 0 unspecified atom stereocenters. The summed E-state index contributed by atoms with van der Waals surface area (Å²) in [6.45, 7) is 3.91. The minimum Gasteiger partial charge on any atom is -0.496 e. The molecular weight excluding hydrogens is 418 g/mol. The minimum absolute atomic E-state index is 0.244. The predicted molar refractivity (Wildman–Crippen MR) is 110 cm³/mol. The van der Waals surface area contributed by atoms with Crippen molar-refractivity contribution < 1.29 is 9.53 Å². The number of carbonyl (C=O) groups excluding carboxylic acids is 1. The molecule has 1 amide bonds. The number of hydrogen-bond acceptors (Lipinski definition) is 4. The average Bonchev–Trinajstić information content (AvgIpc) is 2.63. The number of halogens is 2. The average molecular weight is 439 g/mol. The predicted octanol–water partition coefficient (Wildman–Crippen LogP) is 4.12. The molecule has 2 aromatic carbocycles. The summed E-state index contributed by atoms with van der Waals surface area (Å²) < 4.78 is 6.08. The van der Waals surface area contributed by atoms with Crippen LogP contribution in [0.2, 0.25) is 5.02 Å². The lowest BCUT2D eigenvalue weighted by molar-refractivity contribution is 0.102. The molecule has 0 radical (unpaired) electrons. The van der Waals surface area contributed by atoms with Gasteiger partial charge in [-0.1, -0.05) is 27.5 Å². The Morgan fingerprint density at radius 2 is 1.88 bits per heavy atom. The van der Waals surface area contributed by atoms with Gasteiger partial charge in [0.1, 0.15) is 5.75 Å². The molecule has 5 nitrogen and oxygen atoms in total. The van der Waals surface area contributed by atoms with E-state index in [1.54, 1.807) is 25.3 Å². The molecule has 26 heavy (non-hydrogen) atoms. The largest absolute Gasteiger partial charge is 0.496 e. The fourth-order valence-corrected chi connectivity index (χ4v) is 3.61. The molecule has 3 rings (SSSR count). The summed E-state index contributed by atoms with van der Waals surface area (Å²) in [5, 5.41) is 3.52. The maximum atomic E-state index is 12.6. The fourth-order valence-electron chi connectivity index (χ4n) is 2.94. The minimum atomic E-state index is -0.244. The fraction of sp³-hybridized carbons (Fsp3) is 0.316. The van der Waals surface area contributed by atoms with Gasteiger partial charge >= 0.3 is 0 Å². The third kappa shape index (κ3) is 4.31. The quantitative estimate of drug-likeness (QED) is 0.780. The second-order valence-corrected chi connectivity index (χ2v) is 7.58. The highest BCUT2D eigenvalue weighted by Crippen LogP contribution is 2.30. The smallest absolute Gasteiger partial charge is 0.259 e. The molecule has 1 heterocycles. The van der Waals surface area contributed by atoms with Gasteiger partial charge in [-0.2, -0.15) is 0 Å². The van der Waals surface area contributed by atoms with Crippen LogP contribution in [0.25, 0.3) is 0 Å². The molecule has 1 aliphatic heterocycles. The van der Waals surface area contributed by atoms with Crippen molar-refractivity contribution in [1.29, 1.82) is 0 Å². The summed E-state index contributed by atoms with van der Waals surface area (Å²) in [6.07, 6.45) is 0. The summed E-state index contributed by atoms with van der Waals surface area (Å²) in [5.41, 5.74) is 2.11. The van der Waals surface area contributed by atoms with Crippen molar-refractivity contribution in [3.63, 3.8) is 0 Å². The number of piperazine rings is 1. The number of likely N-dealkylation sites (N-methyl/N-ethyl adjacent to an activating group) is 1. The van der Waals surface area contributed by atoms with Gasteiger partial charge in [-0.25, -0.2) is 0 Å². The summed E-state index contributed by atoms with van der Waals surface area (Å²) in [6, 6.07) is 10.9. The van der Waals surface area contributed by atoms with Crippen LogP contribution in [0.4, 0.5) is 11.4 Å². The zero-order valence-electron chi connectivity index (χ0n) is 14.8. The van der Waals surface area contributed by atoms with Gasteiger partial charge in [0, 0.05) is 36.3 Å². The first kappa shape index (κ1) is 19.0. The van der Waals surface area contributed by atoms with Crippen LogP contribution in [0.3, 0.4) is 0 Å². The number of anilines is 2. The normalized spacial score (nSPS) is 15.0. The highest BCUT2D eigenvalue weighted by Gasteiger charge is 2.18. The Morgan fingerprint density at radius 3 is 2.54 bits per heavy atom. The zero-order chi connectivity index (χ0) is 18.7. The van der Waals surface area contributed by atoms with Gasteiger partial charge in [-0.05, 0) is 43.4 Å². The summed E-state index contributed by atoms with van der Waals surface area (Å²) in [5.74, 6) is 0.275. The van der Waals surface area contributed by atoms with Crippen LogP contribution in [-0.4, -0.2) is 51.1 Å². The molecule has 1 fully saturated rings. The first-order valence-corrected chi connectivity index (χ1v) is 9.53. The lowest BCUT2D eigenvalue weighted by atomic mass is 10.1. The topological polar surface area (TPSA) is 44.8 Å². The van der Waals surface area contributed by atoms with Crippen molar-refractivity contribution in [2.45, 2.75) is 0 Å². The first-order chi connectivity index (χ1) is 12.5. The van der Waals surface area contributed by atoms with E-state index >= 15 is 0 Å². The number of methoxy groups -OCH3 is 1. The molecule has 0 spiro atoms. The molecule has 1 N–H and O–H groups in total. The zero-order valence-corrected chi connectivity index (χ0v) is 17.1. The second kappa shape index (κ2) is 8.29. The molecule has 0 aromatic heterocycles. The third-order valence-corrected chi connectivity index (χ3v) is 5.25. The Balaban J connectivity index is 1.76. The first-order valence-electron chi connectivity index (χ1n) is 8.36. The second-order valence-electron chi connectivity index (χ2n) is 6.26. The van der Waals surface area contributed by atoms with Gasteiger partial charge in [0.05, 0.1) is 23.4 Å². The lowest BCUT2D eigenvalue weighted by Crippen LogP contribution is -2.44. The Morgan fingerprint density at radius 1 is 1.15 bits per heavy atom. The number of nitrogens with one attached hydrogen (secondary N) is 1. The molecule has 0 aliphatic carbocycles. The van der Waals surface area contributed by atoms with Crippen LogP contribution in [0.5, 0.6) is 5.75 Å². The number of nitrogens with zero attached hydrogens (tertiary/aromatic N) is 2. The Kier molecular flexibility index (Phi) is 6.06. The number of hydrogen-bond donors (Lipinski definition) is 1. The maximum absolute atomic E-state index is 12.6. The Hall–Kier alpha value is -1.76. The molecule has 1 saturated heterocycles. The van der Waals surface area contributed by atoms with Crippen LogP contribution in [0.1, 0.15) is 10.4 Å². The molecular formula is C19H21BrClN3O2. The van der Waals surface area contributed by atoms with Gasteiger partial charge in [-0.15, -0.1) is 0 Å². The molecule has 0 bridgehead atoms. The van der Waals surface area contributed by atoms with E-state index in [0.717, 1.165) is 36.3 Å². The summed E-state index contributed by atoms with van der Waals surface area (Å²) in [7, 11) is 3.66. The van der Waals surface area contributed by atoms with E-state index in [-0.39, 0.29) is 5.91 Å². The van der Waals surface area contributed by atoms with Crippen LogP contribution in [-0.2, 0) is 0 Å². The molecule has 7 heteroatoms. The SMILES string of the molecule is COc1ccc(Br)cc1C(=O)Nc1ccc(N2CCN(C)CC2)c(Cl)c1. The number of carbonyl (C=O) groups is 1. The monoisotopic (exact) mass is 437 g/mol. The van der Waals surface area contributed by atoms with E-state index in [4.69, 9.17) is 16.3 Å². The van der Waals surface area contributed by atoms with Crippen LogP contribution in [0, 0.1) is 0 Å². The summed E-state index contributed by atoms with van der Waals surface area (Å²) in [4.78, 5) is 17.2. The van der Waals surface area contributed by atoms with Crippen LogP contribution >= 0.6 is 27.5 Å². The van der Waals surface area contributed by atoms with Crippen molar-refractivity contribution in [3.8, 4) is 5.75 Å². The van der Waals surface area contributed by atoms with Gasteiger partial charge in [0.25, 0.3) is 5.91 Å². The highest BCUT2D eigenvalue weighted by atomic mass is 79.9.